The molecule has 1 heterocycles. The molecule has 0 aromatic heterocycles. The Labute approximate surface area is 162 Å². The molecule has 2 aromatic carbocycles. The summed E-state index contributed by atoms with van der Waals surface area (Å²) in [6.07, 6.45) is 1.32. The van der Waals surface area contributed by atoms with Gasteiger partial charge in [-0.1, -0.05) is 6.07 Å². The number of carbonyl (C=O) groups is 3. The molecule has 1 aliphatic rings. The third-order valence-corrected chi connectivity index (χ3v) is 4.91. The van der Waals surface area contributed by atoms with Gasteiger partial charge in [0.15, 0.2) is 0 Å². The first kappa shape index (κ1) is 19.5. The average molecular weight is 384 g/mol. The van der Waals surface area contributed by atoms with E-state index in [0.717, 1.165) is 5.56 Å². The van der Waals surface area contributed by atoms with E-state index in [1.807, 2.05) is 0 Å². The molecule has 146 valence electrons. The van der Waals surface area contributed by atoms with E-state index in [1.165, 1.54) is 36.4 Å². The Morgan fingerprint density at radius 2 is 1.79 bits per heavy atom. The highest BCUT2D eigenvalue weighted by molar-refractivity contribution is 5.97. The second-order valence-electron chi connectivity index (χ2n) is 6.92. The van der Waals surface area contributed by atoms with E-state index in [-0.39, 0.29) is 23.9 Å². The lowest BCUT2D eigenvalue weighted by Gasteiger charge is -2.32. The van der Waals surface area contributed by atoms with Gasteiger partial charge in [-0.05, 0) is 61.7 Å². The van der Waals surface area contributed by atoms with E-state index >= 15 is 0 Å². The van der Waals surface area contributed by atoms with Gasteiger partial charge in [0.05, 0.1) is 11.5 Å². The number of carboxylic acid groups (broad SMARTS) is 1. The molecule has 0 saturated carbocycles. The van der Waals surface area contributed by atoms with Crippen molar-refractivity contribution in [1.82, 2.24) is 4.90 Å². The summed E-state index contributed by atoms with van der Waals surface area (Å²) < 4.78 is 13.1. The first-order valence-corrected chi connectivity index (χ1v) is 9.05. The van der Waals surface area contributed by atoms with Crippen molar-refractivity contribution in [1.29, 1.82) is 0 Å². The Hall–Kier alpha value is -3.22. The Bertz CT molecular complexity index is 911. The minimum atomic E-state index is -1.07. The van der Waals surface area contributed by atoms with Crippen molar-refractivity contribution in [3.63, 3.8) is 0 Å². The molecule has 2 N–H and O–H groups in total. The molecule has 1 unspecified atom stereocenters. The van der Waals surface area contributed by atoms with E-state index in [4.69, 9.17) is 5.11 Å². The van der Waals surface area contributed by atoms with Crippen LogP contribution in [0.2, 0.25) is 0 Å². The zero-order valence-corrected chi connectivity index (χ0v) is 15.4. The molecular weight excluding hydrogens is 363 g/mol. The number of anilines is 1. The normalized spacial score (nSPS) is 16.5. The van der Waals surface area contributed by atoms with Gasteiger partial charge in [0.2, 0.25) is 5.91 Å². The molecule has 0 spiro atoms. The first-order valence-electron chi connectivity index (χ1n) is 9.05. The number of piperidine rings is 1. The van der Waals surface area contributed by atoms with Crippen LogP contribution >= 0.6 is 0 Å². The number of halogens is 1. The van der Waals surface area contributed by atoms with Gasteiger partial charge in [-0.15, -0.1) is 0 Å². The third-order valence-electron chi connectivity index (χ3n) is 4.91. The van der Waals surface area contributed by atoms with Crippen molar-refractivity contribution in [2.75, 3.05) is 18.4 Å². The quantitative estimate of drug-likeness (QED) is 0.847. The number of benzene rings is 2. The van der Waals surface area contributed by atoms with E-state index in [1.54, 1.807) is 17.9 Å². The number of nitrogens with one attached hydrogen (secondary N) is 1. The second-order valence-corrected chi connectivity index (χ2v) is 6.92. The van der Waals surface area contributed by atoms with Crippen LogP contribution in [0.4, 0.5) is 10.1 Å². The number of hydrogen-bond donors (Lipinski definition) is 2. The molecule has 2 amide bonds. The Kier molecular flexibility index (Phi) is 5.73. The fourth-order valence-electron chi connectivity index (χ4n) is 3.28. The SMILES string of the molecule is Cc1ccc(C(=O)O)cc1NC(=O)C1CCCN(C(=O)c2ccc(F)cc2)C1. The van der Waals surface area contributed by atoms with Crippen LogP contribution in [0.1, 0.15) is 39.1 Å². The summed E-state index contributed by atoms with van der Waals surface area (Å²) in [5.74, 6) is -2.36. The van der Waals surface area contributed by atoms with Gasteiger partial charge in [-0.2, -0.15) is 0 Å². The van der Waals surface area contributed by atoms with Crippen molar-refractivity contribution in [3.05, 3.63) is 65.0 Å². The van der Waals surface area contributed by atoms with Crippen LogP contribution in [0.5, 0.6) is 0 Å². The molecule has 0 aliphatic carbocycles. The number of aromatic carboxylic acids is 1. The third kappa shape index (κ3) is 4.36. The molecule has 6 nitrogen and oxygen atoms in total. The molecule has 7 heteroatoms. The predicted molar refractivity (Wildman–Crippen MR) is 102 cm³/mol. The zero-order valence-electron chi connectivity index (χ0n) is 15.4. The Balaban J connectivity index is 1.69. The lowest BCUT2D eigenvalue weighted by molar-refractivity contribution is -0.121. The van der Waals surface area contributed by atoms with Gasteiger partial charge in [0, 0.05) is 24.3 Å². The van der Waals surface area contributed by atoms with Crippen LogP contribution in [0.25, 0.3) is 0 Å². The number of carboxylic acids is 1. The molecule has 1 saturated heterocycles. The van der Waals surface area contributed by atoms with Crippen LogP contribution in [0, 0.1) is 18.7 Å². The largest absolute Gasteiger partial charge is 0.478 e. The summed E-state index contributed by atoms with van der Waals surface area (Å²) in [5, 5.41) is 11.9. The smallest absolute Gasteiger partial charge is 0.335 e. The van der Waals surface area contributed by atoms with Crippen molar-refractivity contribution in [3.8, 4) is 0 Å². The van der Waals surface area contributed by atoms with Gasteiger partial charge in [0.1, 0.15) is 5.82 Å². The number of hydrogen-bond acceptors (Lipinski definition) is 3. The highest BCUT2D eigenvalue weighted by Crippen LogP contribution is 2.23. The Morgan fingerprint density at radius 3 is 2.46 bits per heavy atom. The van der Waals surface area contributed by atoms with E-state index < -0.39 is 17.7 Å². The van der Waals surface area contributed by atoms with Crippen molar-refractivity contribution in [2.24, 2.45) is 5.92 Å². The summed E-state index contributed by atoms with van der Waals surface area (Å²) in [7, 11) is 0. The summed E-state index contributed by atoms with van der Waals surface area (Å²) in [6.45, 7) is 2.58. The summed E-state index contributed by atoms with van der Waals surface area (Å²) in [5.41, 5.74) is 1.69. The molecule has 1 aliphatic heterocycles. The van der Waals surface area contributed by atoms with E-state index in [2.05, 4.69) is 5.32 Å². The number of carbonyl (C=O) groups excluding carboxylic acids is 2. The van der Waals surface area contributed by atoms with Crippen LogP contribution in [-0.2, 0) is 4.79 Å². The van der Waals surface area contributed by atoms with E-state index in [9.17, 15) is 18.8 Å². The highest BCUT2D eigenvalue weighted by Gasteiger charge is 2.29. The monoisotopic (exact) mass is 384 g/mol. The minimum absolute atomic E-state index is 0.0951. The number of aryl methyl sites for hydroxylation is 1. The maximum Gasteiger partial charge on any atom is 0.335 e. The lowest BCUT2D eigenvalue weighted by atomic mass is 9.96. The fourth-order valence-corrected chi connectivity index (χ4v) is 3.28. The minimum Gasteiger partial charge on any atom is -0.478 e. The zero-order chi connectivity index (χ0) is 20.3. The molecular formula is C21H21FN2O4. The molecule has 1 fully saturated rings. The second kappa shape index (κ2) is 8.21. The van der Waals surface area contributed by atoms with Gasteiger partial charge < -0.3 is 15.3 Å². The van der Waals surface area contributed by atoms with Gasteiger partial charge >= 0.3 is 5.97 Å². The maximum absolute atomic E-state index is 13.1. The standard InChI is InChI=1S/C21H21FN2O4/c1-13-4-5-15(21(27)28)11-18(13)23-19(25)16-3-2-10-24(12-16)20(26)14-6-8-17(22)9-7-14/h4-9,11,16H,2-3,10,12H2,1H3,(H,23,25)(H,27,28). The maximum atomic E-state index is 13.1. The average Bonchev–Trinajstić information content (AvgIpc) is 2.69. The highest BCUT2D eigenvalue weighted by atomic mass is 19.1. The number of amides is 2. The molecule has 0 bridgehead atoms. The fraction of sp³-hybridized carbons (Fsp3) is 0.286. The number of likely N-dealkylation sites (tertiary alicyclic amines) is 1. The summed E-state index contributed by atoms with van der Waals surface area (Å²) in [6, 6.07) is 9.89. The number of nitrogens with zero attached hydrogens (tertiary/aromatic N) is 1. The van der Waals surface area contributed by atoms with Crippen molar-refractivity contribution < 1.29 is 23.9 Å². The lowest BCUT2D eigenvalue weighted by Crippen LogP contribution is -2.43. The molecule has 2 aromatic rings. The van der Waals surface area contributed by atoms with Crippen LogP contribution in [0.3, 0.4) is 0 Å². The number of rotatable bonds is 4. The summed E-state index contributed by atoms with van der Waals surface area (Å²) >= 11 is 0. The molecule has 3 rings (SSSR count). The first-order chi connectivity index (χ1) is 13.3. The van der Waals surface area contributed by atoms with Crippen LogP contribution in [-0.4, -0.2) is 40.9 Å². The van der Waals surface area contributed by atoms with Gasteiger partial charge in [-0.25, -0.2) is 9.18 Å². The van der Waals surface area contributed by atoms with Gasteiger partial charge in [0.25, 0.3) is 5.91 Å². The van der Waals surface area contributed by atoms with Crippen molar-refractivity contribution in [2.45, 2.75) is 19.8 Å². The van der Waals surface area contributed by atoms with Crippen LogP contribution < -0.4 is 5.32 Å². The molecule has 0 radical (unpaired) electrons. The van der Waals surface area contributed by atoms with Gasteiger partial charge in [-0.3, -0.25) is 9.59 Å². The summed E-state index contributed by atoms with van der Waals surface area (Å²) in [4.78, 5) is 38.1. The predicted octanol–water partition coefficient (Wildman–Crippen LogP) is 3.32. The topological polar surface area (TPSA) is 86.7 Å². The van der Waals surface area contributed by atoms with Crippen molar-refractivity contribution >= 4 is 23.5 Å². The molecule has 1 atom stereocenters. The Morgan fingerprint density at radius 1 is 1.11 bits per heavy atom. The van der Waals surface area contributed by atoms with E-state index in [0.29, 0.717) is 30.6 Å². The van der Waals surface area contributed by atoms with Crippen LogP contribution in [0.15, 0.2) is 42.5 Å². The molecule has 28 heavy (non-hydrogen) atoms.